The second kappa shape index (κ2) is 8.33. The lowest BCUT2D eigenvalue weighted by Crippen LogP contribution is -2.48. The van der Waals surface area contributed by atoms with Crippen LogP contribution in [0.5, 0.6) is 0 Å². The largest absolute Gasteiger partial charge is 0.465 e. The number of hydrogen-bond donors (Lipinski definition) is 2. The van der Waals surface area contributed by atoms with Gasteiger partial charge in [0, 0.05) is 6.54 Å². The fourth-order valence-electron chi connectivity index (χ4n) is 5.66. The van der Waals surface area contributed by atoms with E-state index in [0.29, 0.717) is 18.4 Å². The molecule has 1 aromatic rings. The Hall–Kier alpha value is -2.37. The number of imide groups is 1. The summed E-state index contributed by atoms with van der Waals surface area (Å²) in [6, 6.07) is 8.92. The van der Waals surface area contributed by atoms with Crippen molar-refractivity contribution < 1.29 is 19.1 Å². The molecule has 0 atom stereocenters. The van der Waals surface area contributed by atoms with Crippen LogP contribution in [0, 0.1) is 29.6 Å². The zero-order chi connectivity index (χ0) is 19.5. The fraction of sp³-hybridized carbons (Fsp3) is 0.591. The molecule has 6 nitrogen and oxygen atoms in total. The van der Waals surface area contributed by atoms with Crippen molar-refractivity contribution in [1.82, 2.24) is 10.6 Å². The van der Waals surface area contributed by atoms with Crippen LogP contribution in [0.2, 0.25) is 0 Å². The number of urea groups is 1. The van der Waals surface area contributed by atoms with Crippen molar-refractivity contribution in [2.45, 2.75) is 45.1 Å². The molecule has 2 N–H and O–H groups in total. The fourth-order valence-corrected chi connectivity index (χ4v) is 5.66. The number of benzene rings is 1. The summed E-state index contributed by atoms with van der Waals surface area (Å²) in [6.07, 6.45) is 5.99. The summed E-state index contributed by atoms with van der Waals surface area (Å²) in [4.78, 5) is 36.3. The third-order valence-electron chi connectivity index (χ3n) is 6.62. The highest BCUT2D eigenvalue weighted by Crippen LogP contribution is 2.56. The van der Waals surface area contributed by atoms with Crippen LogP contribution in [0.3, 0.4) is 0 Å². The average molecular weight is 384 g/mol. The lowest BCUT2D eigenvalue weighted by molar-refractivity contribution is -0.162. The van der Waals surface area contributed by atoms with Gasteiger partial charge in [-0.05, 0) is 61.3 Å². The lowest BCUT2D eigenvalue weighted by atomic mass is 9.52. The molecule has 0 heterocycles. The highest BCUT2D eigenvalue weighted by Gasteiger charge is 2.51. The molecular weight excluding hydrogens is 356 g/mol. The molecular formula is C22H28N2O4. The molecule has 6 heteroatoms. The minimum Gasteiger partial charge on any atom is -0.465 e. The molecule has 4 bridgehead atoms. The Morgan fingerprint density at radius 1 is 0.929 bits per heavy atom. The van der Waals surface area contributed by atoms with Crippen molar-refractivity contribution in [3.8, 4) is 0 Å². The summed E-state index contributed by atoms with van der Waals surface area (Å²) in [7, 11) is 0. The third-order valence-corrected chi connectivity index (χ3v) is 6.62. The first-order valence-electron chi connectivity index (χ1n) is 10.4. The molecule has 0 radical (unpaired) electrons. The van der Waals surface area contributed by atoms with Crippen LogP contribution in [-0.4, -0.2) is 24.5 Å². The van der Waals surface area contributed by atoms with E-state index in [9.17, 15) is 14.4 Å². The van der Waals surface area contributed by atoms with Gasteiger partial charge in [-0.25, -0.2) is 4.79 Å². The molecule has 0 aliphatic heterocycles. The van der Waals surface area contributed by atoms with E-state index in [1.807, 2.05) is 30.3 Å². The molecule has 4 aliphatic carbocycles. The predicted octanol–water partition coefficient (Wildman–Crippen LogP) is 3.02. The van der Waals surface area contributed by atoms with Crippen LogP contribution in [0.15, 0.2) is 30.3 Å². The molecule has 0 spiro atoms. The first-order chi connectivity index (χ1) is 13.6. The van der Waals surface area contributed by atoms with Crippen LogP contribution in [-0.2, 0) is 20.9 Å². The zero-order valence-corrected chi connectivity index (χ0v) is 16.1. The Balaban J connectivity index is 1.15. The average Bonchev–Trinajstić information content (AvgIpc) is 2.66. The smallest absolute Gasteiger partial charge is 0.321 e. The number of nitrogens with one attached hydrogen (secondary N) is 2. The number of carbonyl (C=O) groups excluding carboxylic acids is 3. The van der Waals surface area contributed by atoms with E-state index < -0.39 is 11.9 Å². The highest BCUT2D eigenvalue weighted by atomic mass is 16.5. The summed E-state index contributed by atoms with van der Waals surface area (Å²) in [5, 5.41) is 4.91. The molecule has 3 amide bonds. The Kier molecular flexibility index (Phi) is 5.64. The Labute approximate surface area is 165 Å². The van der Waals surface area contributed by atoms with Gasteiger partial charge in [0.05, 0.1) is 12.3 Å². The number of carbonyl (C=O) groups is 3. The Morgan fingerprint density at radius 2 is 1.57 bits per heavy atom. The van der Waals surface area contributed by atoms with E-state index in [0.717, 1.165) is 43.1 Å². The van der Waals surface area contributed by atoms with Crippen molar-refractivity contribution in [1.29, 1.82) is 0 Å². The molecule has 0 aromatic heterocycles. The second-order valence-corrected chi connectivity index (χ2v) is 8.59. The maximum Gasteiger partial charge on any atom is 0.321 e. The predicted molar refractivity (Wildman–Crippen MR) is 103 cm³/mol. The van der Waals surface area contributed by atoms with Gasteiger partial charge in [-0.2, -0.15) is 0 Å². The van der Waals surface area contributed by atoms with Crippen LogP contribution in [0.1, 0.15) is 44.1 Å². The van der Waals surface area contributed by atoms with E-state index >= 15 is 0 Å². The van der Waals surface area contributed by atoms with E-state index in [1.165, 1.54) is 6.42 Å². The Morgan fingerprint density at radius 3 is 2.21 bits per heavy atom. The van der Waals surface area contributed by atoms with E-state index in [1.54, 1.807) is 0 Å². The van der Waals surface area contributed by atoms with E-state index in [4.69, 9.17) is 4.74 Å². The first kappa shape index (κ1) is 19.0. The summed E-state index contributed by atoms with van der Waals surface area (Å²) < 4.78 is 5.42. The van der Waals surface area contributed by atoms with E-state index in [2.05, 4.69) is 10.6 Å². The maximum atomic E-state index is 12.6. The summed E-state index contributed by atoms with van der Waals surface area (Å²) in [5.41, 5.74) is 0.953. The van der Waals surface area contributed by atoms with Gasteiger partial charge < -0.3 is 10.1 Å². The number of ether oxygens (including phenoxy) is 1. The van der Waals surface area contributed by atoms with Gasteiger partial charge in [0.25, 0.3) is 0 Å². The SMILES string of the molecule is O=C(CCOC(=O)C1C2CC3CC(C2)CC1C3)NC(=O)NCc1ccccc1. The van der Waals surface area contributed by atoms with Gasteiger partial charge in [-0.1, -0.05) is 30.3 Å². The van der Waals surface area contributed by atoms with E-state index in [-0.39, 0.29) is 24.9 Å². The van der Waals surface area contributed by atoms with Crippen LogP contribution < -0.4 is 10.6 Å². The van der Waals surface area contributed by atoms with Gasteiger partial charge in [0.2, 0.25) is 5.91 Å². The first-order valence-corrected chi connectivity index (χ1v) is 10.4. The van der Waals surface area contributed by atoms with Gasteiger partial charge in [-0.3, -0.25) is 14.9 Å². The minimum atomic E-state index is -0.541. The lowest BCUT2D eigenvalue weighted by Gasteiger charge is -2.53. The Bertz CT molecular complexity index is 705. The van der Waals surface area contributed by atoms with Crippen molar-refractivity contribution in [3.63, 3.8) is 0 Å². The second-order valence-electron chi connectivity index (χ2n) is 8.59. The number of hydrogen-bond acceptors (Lipinski definition) is 4. The molecule has 4 fully saturated rings. The van der Waals surface area contributed by atoms with Gasteiger partial charge in [0.1, 0.15) is 6.61 Å². The normalized spacial score (nSPS) is 29.9. The van der Waals surface area contributed by atoms with Crippen LogP contribution >= 0.6 is 0 Å². The summed E-state index contributed by atoms with van der Waals surface area (Å²) in [5.74, 6) is 2.00. The minimum absolute atomic E-state index is 0.00218. The zero-order valence-electron chi connectivity index (χ0n) is 16.1. The quantitative estimate of drug-likeness (QED) is 0.739. The maximum absolute atomic E-state index is 12.6. The van der Waals surface area contributed by atoms with Crippen molar-refractivity contribution in [2.75, 3.05) is 6.61 Å². The monoisotopic (exact) mass is 384 g/mol. The van der Waals surface area contributed by atoms with Crippen molar-refractivity contribution in [3.05, 3.63) is 35.9 Å². The van der Waals surface area contributed by atoms with Crippen molar-refractivity contribution in [2.24, 2.45) is 29.6 Å². The van der Waals surface area contributed by atoms with Gasteiger partial charge >= 0.3 is 12.0 Å². The molecule has 1 aromatic carbocycles. The topological polar surface area (TPSA) is 84.5 Å². The molecule has 5 rings (SSSR count). The van der Waals surface area contributed by atoms with Gasteiger partial charge in [0.15, 0.2) is 0 Å². The van der Waals surface area contributed by atoms with Crippen molar-refractivity contribution >= 4 is 17.9 Å². The molecule has 28 heavy (non-hydrogen) atoms. The van der Waals surface area contributed by atoms with Gasteiger partial charge in [-0.15, -0.1) is 0 Å². The summed E-state index contributed by atoms with van der Waals surface area (Å²) in [6.45, 7) is 0.376. The highest BCUT2D eigenvalue weighted by molar-refractivity contribution is 5.94. The van der Waals surface area contributed by atoms with Crippen LogP contribution in [0.4, 0.5) is 4.79 Å². The number of esters is 1. The molecule has 4 saturated carbocycles. The van der Waals surface area contributed by atoms with Crippen LogP contribution in [0.25, 0.3) is 0 Å². The number of rotatable bonds is 6. The summed E-state index contributed by atoms with van der Waals surface area (Å²) >= 11 is 0. The standard InChI is InChI=1S/C22H28N2O4/c25-19(24-22(27)23-13-14-4-2-1-3-5-14)6-7-28-21(26)20-17-9-15-8-16(11-17)12-18(20)10-15/h1-5,15-18,20H,6-13H2,(H2,23,24,25,27). The third kappa shape index (κ3) is 4.37. The number of amides is 3. The molecule has 150 valence electrons. The molecule has 0 saturated heterocycles. The molecule has 4 aliphatic rings. The molecule has 0 unspecified atom stereocenters.